The number of phosphoric acid groups is 1. The normalized spacial score (nSPS) is 14.1. The van der Waals surface area contributed by atoms with E-state index in [-0.39, 0.29) is 19.4 Å². The smallest absolute Gasteiger partial charge is 0.462 e. The lowest BCUT2D eigenvalue weighted by atomic mass is 10.0. The molecule has 0 aromatic rings. The number of hydrogen-bond donors (Lipinski definition) is 3. The third-order valence-electron chi connectivity index (χ3n) is 9.79. The summed E-state index contributed by atoms with van der Waals surface area (Å²) < 4.78 is 32.7. The molecule has 0 amide bonds. The van der Waals surface area contributed by atoms with E-state index in [0.29, 0.717) is 19.3 Å². The highest BCUT2D eigenvalue weighted by atomic mass is 31.2. The van der Waals surface area contributed by atoms with Crippen LogP contribution in [-0.2, 0) is 32.7 Å². The number of aliphatic hydroxyl groups is 2. The van der Waals surface area contributed by atoms with Gasteiger partial charge in [-0.2, -0.15) is 0 Å². The molecule has 0 heterocycles. The van der Waals surface area contributed by atoms with Gasteiger partial charge in [0.05, 0.1) is 19.8 Å². The maximum Gasteiger partial charge on any atom is 0.472 e. The van der Waals surface area contributed by atoms with Crippen LogP contribution in [0, 0.1) is 0 Å². The molecule has 342 valence electrons. The van der Waals surface area contributed by atoms with Gasteiger partial charge in [-0.3, -0.25) is 18.6 Å². The third-order valence-corrected chi connectivity index (χ3v) is 10.7. The van der Waals surface area contributed by atoms with Crippen molar-refractivity contribution in [3.8, 4) is 0 Å². The standard InChI is InChI=1S/C48H85O10P/c1-3-5-7-9-11-13-15-17-19-20-21-22-23-24-26-27-29-31-33-35-37-39-47(51)55-43-46(44-57-59(53,54)56-42-45(50)41-49)58-48(52)40-38-36-34-32-30-28-25-18-16-14-12-10-8-6-4-2/h4,19-20,22-23,26-27,31,33,45-46,49-50H,2-3,5-18,21,24-25,28-30,32,34-44H2,1H3,(H,53,54)/b20-19+,23-22+,27-26+,33-31+/t45-,46+/m1/s1. The fourth-order valence-electron chi connectivity index (χ4n) is 6.20. The average molecular weight is 853 g/mol. The Morgan fingerprint density at radius 2 is 0.983 bits per heavy atom. The highest BCUT2D eigenvalue weighted by molar-refractivity contribution is 7.47. The van der Waals surface area contributed by atoms with E-state index in [2.05, 4.69) is 60.6 Å². The molecule has 11 heteroatoms. The van der Waals surface area contributed by atoms with Gasteiger partial charge in [0, 0.05) is 12.8 Å². The third kappa shape index (κ3) is 43.6. The summed E-state index contributed by atoms with van der Waals surface area (Å²) in [5.41, 5.74) is 0. The molecule has 59 heavy (non-hydrogen) atoms. The van der Waals surface area contributed by atoms with Gasteiger partial charge in [-0.15, -0.1) is 6.58 Å². The summed E-state index contributed by atoms with van der Waals surface area (Å²) in [6.07, 6.45) is 48.0. The summed E-state index contributed by atoms with van der Waals surface area (Å²) in [5, 5.41) is 18.3. The summed E-state index contributed by atoms with van der Waals surface area (Å²) in [6, 6.07) is 0. The molecule has 0 aromatic heterocycles. The lowest BCUT2D eigenvalue weighted by Crippen LogP contribution is -2.29. The van der Waals surface area contributed by atoms with Gasteiger partial charge < -0.3 is 24.6 Å². The van der Waals surface area contributed by atoms with Gasteiger partial charge in [0.15, 0.2) is 6.10 Å². The molecular weight excluding hydrogens is 767 g/mol. The summed E-state index contributed by atoms with van der Waals surface area (Å²) in [5.74, 6) is -0.993. The van der Waals surface area contributed by atoms with Gasteiger partial charge in [-0.1, -0.05) is 171 Å². The number of allylic oxidation sites excluding steroid dienone is 9. The monoisotopic (exact) mass is 853 g/mol. The first-order chi connectivity index (χ1) is 28.7. The average Bonchev–Trinajstić information content (AvgIpc) is 3.22. The van der Waals surface area contributed by atoms with Crippen molar-refractivity contribution in [1.82, 2.24) is 0 Å². The van der Waals surface area contributed by atoms with Gasteiger partial charge in [0.2, 0.25) is 0 Å². The van der Waals surface area contributed by atoms with E-state index in [1.165, 1.54) is 109 Å². The first-order valence-corrected chi connectivity index (χ1v) is 24.7. The largest absolute Gasteiger partial charge is 0.472 e. The number of carbonyl (C=O) groups is 2. The number of phosphoric ester groups is 1. The first-order valence-electron chi connectivity index (χ1n) is 23.2. The fourth-order valence-corrected chi connectivity index (χ4v) is 6.99. The van der Waals surface area contributed by atoms with Crippen LogP contribution in [0.4, 0.5) is 0 Å². The summed E-state index contributed by atoms with van der Waals surface area (Å²) in [4.78, 5) is 35.0. The van der Waals surface area contributed by atoms with Crippen molar-refractivity contribution in [3.63, 3.8) is 0 Å². The summed E-state index contributed by atoms with van der Waals surface area (Å²) in [7, 11) is -4.63. The second-order valence-electron chi connectivity index (χ2n) is 15.5. The molecule has 3 N–H and O–H groups in total. The zero-order valence-electron chi connectivity index (χ0n) is 37.0. The molecule has 10 nitrogen and oxygen atoms in total. The quantitative estimate of drug-likeness (QED) is 0.0234. The van der Waals surface area contributed by atoms with Crippen LogP contribution in [0.2, 0.25) is 0 Å². The Balaban J connectivity index is 4.33. The molecular formula is C48H85O10P. The lowest BCUT2D eigenvalue weighted by molar-refractivity contribution is -0.161. The summed E-state index contributed by atoms with van der Waals surface area (Å²) in [6.45, 7) is 3.84. The first kappa shape index (κ1) is 56.7. The second kappa shape index (κ2) is 43.7. The van der Waals surface area contributed by atoms with Crippen molar-refractivity contribution in [2.24, 2.45) is 0 Å². The maximum absolute atomic E-state index is 12.6. The minimum atomic E-state index is -4.63. The number of ether oxygens (including phenoxy) is 2. The van der Waals surface area contributed by atoms with Crippen LogP contribution in [0.1, 0.15) is 193 Å². The number of carbonyl (C=O) groups excluding carboxylic acids is 2. The Morgan fingerprint density at radius 3 is 1.49 bits per heavy atom. The molecule has 0 aliphatic carbocycles. The number of hydrogen-bond acceptors (Lipinski definition) is 9. The zero-order valence-corrected chi connectivity index (χ0v) is 37.9. The van der Waals surface area contributed by atoms with E-state index in [9.17, 15) is 24.2 Å². The Morgan fingerprint density at radius 1 is 0.559 bits per heavy atom. The van der Waals surface area contributed by atoms with Crippen molar-refractivity contribution in [1.29, 1.82) is 0 Å². The molecule has 0 saturated heterocycles. The lowest BCUT2D eigenvalue weighted by Gasteiger charge is -2.20. The molecule has 0 aliphatic rings. The number of esters is 2. The zero-order chi connectivity index (χ0) is 43.3. The molecule has 0 spiro atoms. The van der Waals surface area contributed by atoms with Crippen LogP contribution < -0.4 is 0 Å². The van der Waals surface area contributed by atoms with Crippen LogP contribution in [0.25, 0.3) is 0 Å². The van der Waals surface area contributed by atoms with Crippen molar-refractivity contribution in [2.75, 3.05) is 26.4 Å². The van der Waals surface area contributed by atoms with Gasteiger partial charge in [-0.05, 0) is 64.2 Å². The molecule has 0 fully saturated rings. The Hall–Kier alpha value is -2.33. The van der Waals surface area contributed by atoms with Crippen LogP contribution in [0.5, 0.6) is 0 Å². The molecule has 0 aromatic carbocycles. The van der Waals surface area contributed by atoms with Crippen molar-refractivity contribution < 1.29 is 47.8 Å². The van der Waals surface area contributed by atoms with E-state index < -0.39 is 51.8 Å². The van der Waals surface area contributed by atoms with Crippen LogP contribution in [0.15, 0.2) is 61.3 Å². The predicted octanol–water partition coefficient (Wildman–Crippen LogP) is 12.7. The topological polar surface area (TPSA) is 149 Å². The Kier molecular flexibility index (Phi) is 42.0. The highest BCUT2D eigenvalue weighted by Gasteiger charge is 2.27. The van der Waals surface area contributed by atoms with E-state index in [1.807, 2.05) is 12.2 Å². The van der Waals surface area contributed by atoms with Crippen LogP contribution in [0.3, 0.4) is 0 Å². The van der Waals surface area contributed by atoms with Crippen molar-refractivity contribution >= 4 is 19.8 Å². The molecule has 1 unspecified atom stereocenters. The molecule has 3 atom stereocenters. The molecule has 0 saturated carbocycles. The van der Waals surface area contributed by atoms with E-state index in [1.54, 1.807) is 0 Å². The Bertz CT molecular complexity index is 1150. The molecule has 0 rings (SSSR count). The van der Waals surface area contributed by atoms with Gasteiger partial charge in [-0.25, -0.2) is 4.57 Å². The molecule has 0 bridgehead atoms. The van der Waals surface area contributed by atoms with Crippen molar-refractivity contribution in [3.05, 3.63) is 61.3 Å². The van der Waals surface area contributed by atoms with Gasteiger partial charge >= 0.3 is 19.8 Å². The fraction of sp³-hybridized carbons (Fsp3) is 0.750. The van der Waals surface area contributed by atoms with Gasteiger partial charge in [0.1, 0.15) is 12.7 Å². The van der Waals surface area contributed by atoms with E-state index in [4.69, 9.17) is 19.1 Å². The minimum Gasteiger partial charge on any atom is -0.462 e. The maximum atomic E-state index is 12.6. The Labute approximate surface area is 359 Å². The van der Waals surface area contributed by atoms with Crippen molar-refractivity contribution in [2.45, 2.75) is 205 Å². The number of rotatable bonds is 44. The summed E-state index contributed by atoms with van der Waals surface area (Å²) >= 11 is 0. The van der Waals surface area contributed by atoms with Crippen LogP contribution >= 0.6 is 7.82 Å². The predicted molar refractivity (Wildman–Crippen MR) is 242 cm³/mol. The van der Waals surface area contributed by atoms with E-state index in [0.717, 1.165) is 44.9 Å². The van der Waals surface area contributed by atoms with E-state index >= 15 is 0 Å². The van der Waals surface area contributed by atoms with Gasteiger partial charge in [0.25, 0.3) is 0 Å². The molecule has 0 radical (unpaired) electrons. The minimum absolute atomic E-state index is 0.164. The second-order valence-corrected chi connectivity index (χ2v) is 17.0. The number of aliphatic hydroxyl groups excluding tert-OH is 2. The SMILES string of the molecule is C=CCCCCCCCCCCCCCCCC(=O)O[C@@H](COC(=O)CCC/C=C/C/C=C/C/C=C/C/C=C/CCCCCCCCC)COP(=O)(O)OC[C@H](O)CO. The van der Waals surface area contributed by atoms with Crippen LogP contribution in [-0.4, -0.2) is 65.7 Å². The molecule has 0 aliphatic heterocycles. The highest BCUT2D eigenvalue weighted by Crippen LogP contribution is 2.43. The number of unbranched alkanes of at least 4 members (excludes halogenated alkanes) is 21.